The Labute approximate surface area is 64.2 Å². The molecule has 0 aromatic carbocycles. The van der Waals surface area contributed by atoms with Crippen molar-refractivity contribution in [1.82, 2.24) is 5.32 Å². The van der Waals surface area contributed by atoms with Gasteiger partial charge in [-0.25, -0.2) is 0 Å². The highest BCUT2D eigenvalue weighted by Crippen LogP contribution is 2.19. The lowest BCUT2D eigenvalue weighted by atomic mass is 10.1. The van der Waals surface area contributed by atoms with Crippen molar-refractivity contribution in [3.8, 4) is 0 Å². The van der Waals surface area contributed by atoms with Gasteiger partial charge in [-0.1, -0.05) is 12.8 Å². The van der Waals surface area contributed by atoms with Crippen LogP contribution in [-0.4, -0.2) is 11.6 Å². The summed E-state index contributed by atoms with van der Waals surface area (Å²) in [6, 6.07) is 0.743. The van der Waals surface area contributed by atoms with Crippen LogP contribution in [0.3, 0.4) is 0 Å². The molecular formula is C9H18N. The molecule has 1 heteroatoms. The summed E-state index contributed by atoms with van der Waals surface area (Å²) in [6.45, 7) is 8.28. The zero-order valence-corrected chi connectivity index (χ0v) is 7.11. The molecule has 0 aromatic heterocycles. The maximum Gasteiger partial charge on any atom is 0.0128 e. The summed E-state index contributed by atoms with van der Waals surface area (Å²) >= 11 is 0. The number of nitrogens with one attached hydrogen (secondary N) is 1. The van der Waals surface area contributed by atoms with Crippen molar-refractivity contribution in [2.24, 2.45) is 0 Å². The van der Waals surface area contributed by atoms with E-state index in [1.165, 1.54) is 25.7 Å². The van der Waals surface area contributed by atoms with Crippen LogP contribution in [0.1, 0.15) is 39.5 Å². The number of hydrogen-bond acceptors (Lipinski definition) is 1. The predicted molar refractivity (Wildman–Crippen MR) is 44.8 cm³/mol. The zero-order chi connectivity index (χ0) is 7.61. The first-order valence-electron chi connectivity index (χ1n) is 4.21. The lowest BCUT2D eigenvalue weighted by Gasteiger charge is -2.25. The molecule has 1 aliphatic rings. The van der Waals surface area contributed by atoms with Crippen molar-refractivity contribution < 1.29 is 0 Å². The molecule has 1 radical (unpaired) electrons. The molecule has 1 saturated carbocycles. The van der Waals surface area contributed by atoms with Crippen molar-refractivity contribution >= 4 is 0 Å². The van der Waals surface area contributed by atoms with Gasteiger partial charge in [0.1, 0.15) is 0 Å². The van der Waals surface area contributed by atoms with Crippen molar-refractivity contribution in [3.05, 3.63) is 6.92 Å². The molecule has 0 spiro atoms. The highest BCUT2D eigenvalue weighted by Gasteiger charge is 2.19. The van der Waals surface area contributed by atoms with Gasteiger partial charge in [-0.05, 0) is 33.6 Å². The van der Waals surface area contributed by atoms with Gasteiger partial charge in [0.15, 0.2) is 0 Å². The maximum absolute atomic E-state index is 4.02. The van der Waals surface area contributed by atoms with Crippen LogP contribution in [0.25, 0.3) is 0 Å². The van der Waals surface area contributed by atoms with Crippen molar-refractivity contribution in [2.45, 2.75) is 51.1 Å². The predicted octanol–water partition coefficient (Wildman–Crippen LogP) is 2.13. The lowest BCUT2D eigenvalue weighted by molar-refractivity contribution is 0.394. The van der Waals surface area contributed by atoms with E-state index in [2.05, 4.69) is 26.1 Å². The van der Waals surface area contributed by atoms with Gasteiger partial charge in [-0.15, -0.1) is 0 Å². The van der Waals surface area contributed by atoms with Gasteiger partial charge in [-0.2, -0.15) is 0 Å². The van der Waals surface area contributed by atoms with Gasteiger partial charge in [0.05, 0.1) is 0 Å². The molecule has 0 amide bonds. The second kappa shape index (κ2) is 2.91. The van der Waals surface area contributed by atoms with E-state index in [1.807, 2.05) is 0 Å². The van der Waals surface area contributed by atoms with E-state index in [-0.39, 0.29) is 5.54 Å². The molecule has 0 bridgehead atoms. The molecule has 1 nitrogen and oxygen atoms in total. The van der Waals surface area contributed by atoms with E-state index in [0.717, 1.165) is 6.04 Å². The summed E-state index contributed by atoms with van der Waals surface area (Å²) in [5.74, 6) is 0. The average molecular weight is 140 g/mol. The molecule has 59 valence electrons. The van der Waals surface area contributed by atoms with E-state index in [4.69, 9.17) is 0 Å². The molecular weight excluding hydrogens is 122 g/mol. The third-order valence-corrected chi connectivity index (χ3v) is 1.95. The summed E-state index contributed by atoms with van der Waals surface area (Å²) in [7, 11) is 0. The molecule has 1 fully saturated rings. The van der Waals surface area contributed by atoms with Crippen LogP contribution >= 0.6 is 0 Å². The molecule has 1 aliphatic carbocycles. The molecule has 10 heavy (non-hydrogen) atoms. The van der Waals surface area contributed by atoms with Crippen LogP contribution in [0.4, 0.5) is 0 Å². The zero-order valence-electron chi connectivity index (χ0n) is 7.11. The van der Waals surface area contributed by atoms with Gasteiger partial charge >= 0.3 is 0 Å². The molecule has 0 atom stereocenters. The molecule has 0 heterocycles. The minimum absolute atomic E-state index is 0.0645. The third kappa shape index (κ3) is 2.70. The third-order valence-electron chi connectivity index (χ3n) is 1.95. The van der Waals surface area contributed by atoms with Gasteiger partial charge in [-0.3, -0.25) is 0 Å². The summed E-state index contributed by atoms with van der Waals surface area (Å²) in [5, 5.41) is 3.51. The summed E-state index contributed by atoms with van der Waals surface area (Å²) in [4.78, 5) is 0. The highest BCUT2D eigenvalue weighted by molar-refractivity contribution is 4.86. The van der Waals surface area contributed by atoms with E-state index in [9.17, 15) is 0 Å². The van der Waals surface area contributed by atoms with Crippen LogP contribution in [0, 0.1) is 6.92 Å². The van der Waals surface area contributed by atoms with E-state index >= 15 is 0 Å². The summed E-state index contributed by atoms with van der Waals surface area (Å²) in [5.41, 5.74) is 0.0645. The molecule has 1 rings (SSSR count). The fourth-order valence-corrected chi connectivity index (χ4v) is 1.62. The molecule has 1 N–H and O–H groups in total. The second-order valence-electron chi connectivity index (χ2n) is 4.01. The van der Waals surface area contributed by atoms with E-state index in [0.29, 0.717) is 0 Å². The normalized spacial score (nSPS) is 21.9. The van der Waals surface area contributed by atoms with Gasteiger partial charge < -0.3 is 5.32 Å². The quantitative estimate of drug-likeness (QED) is 0.619. The minimum atomic E-state index is 0.0645. The van der Waals surface area contributed by atoms with Crippen molar-refractivity contribution in [3.63, 3.8) is 0 Å². The van der Waals surface area contributed by atoms with Crippen LogP contribution in [0.2, 0.25) is 0 Å². The van der Waals surface area contributed by atoms with Crippen LogP contribution in [-0.2, 0) is 0 Å². The average Bonchev–Trinajstić information content (AvgIpc) is 2.12. The fourth-order valence-electron chi connectivity index (χ4n) is 1.62. The highest BCUT2D eigenvalue weighted by atomic mass is 15.0. The monoisotopic (exact) mass is 140 g/mol. The Morgan fingerprint density at radius 2 is 1.80 bits per heavy atom. The largest absolute Gasteiger partial charge is 0.309 e. The molecule has 0 aliphatic heterocycles. The van der Waals surface area contributed by atoms with Gasteiger partial charge in [0, 0.05) is 11.6 Å². The van der Waals surface area contributed by atoms with Crippen LogP contribution in [0.15, 0.2) is 0 Å². The van der Waals surface area contributed by atoms with Crippen molar-refractivity contribution in [1.29, 1.82) is 0 Å². The van der Waals surface area contributed by atoms with E-state index in [1.54, 1.807) is 0 Å². The maximum atomic E-state index is 4.02. The molecule has 0 unspecified atom stereocenters. The lowest BCUT2D eigenvalue weighted by Crippen LogP contribution is -2.42. The first-order valence-corrected chi connectivity index (χ1v) is 4.21. The molecule has 0 aromatic rings. The SMILES string of the molecule is [CH2]C(C)(C)NC1CCCC1. The minimum Gasteiger partial charge on any atom is -0.309 e. The fraction of sp³-hybridized carbons (Fsp3) is 0.889. The summed E-state index contributed by atoms with van der Waals surface area (Å²) in [6.07, 6.45) is 5.49. The number of hydrogen-bond donors (Lipinski definition) is 1. The smallest absolute Gasteiger partial charge is 0.0128 e. The second-order valence-corrected chi connectivity index (χ2v) is 4.01. The number of rotatable bonds is 2. The summed E-state index contributed by atoms with van der Waals surface area (Å²) < 4.78 is 0. The topological polar surface area (TPSA) is 12.0 Å². The first-order chi connectivity index (χ1) is 4.58. The molecule has 0 saturated heterocycles. The Bertz CT molecular complexity index is 95.8. The standard InChI is InChI=1S/C9H18N/c1-9(2,3)10-8-6-4-5-7-8/h8,10H,1,4-7H2,2-3H3. The Balaban J connectivity index is 2.24. The van der Waals surface area contributed by atoms with Gasteiger partial charge in [0.25, 0.3) is 0 Å². The first kappa shape index (κ1) is 8.06. The van der Waals surface area contributed by atoms with Crippen LogP contribution in [0.5, 0.6) is 0 Å². The van der Waals surface area contributed by atoms with Crippen molar-refractivity contribution in [2.75, 3.05) is 0 Å². The Kier molecular flexibility index (Phi) is 2.35. The van der Waals surface area contributed by atoms with E-state index < -0.39 is 0 Å². The Morgan fingerprint density at radius 1 is 1.30 bits per heavy atom. The Hall–Kier alpha value is -0.0400. The Morgan fingerprint density at radius 3 is 2.20 bits per heavy atom. The van der Waals surface area contributed by atoms with Gasteiger partial charge in [0.2, 0.25) is 0 Å². The van der Waals surface area contributed by atoms with Crippen LogP contribution < -0.4 is 5.32 Å².